The van der Waals surface area contributed by atoms with Gasteiger partial charge < -0.3 is 10.2 Å². The van der Waals surface area contributed by atoms with Crippen molar-refractivity contribution in [2.75, 3.05) is 37.4 Å². The Morgan fingerprint density at radius 3 is 2.44 bits per heavy atom. The van der Waals surface area contributed by atoms with Gasteiger partial charge in [-0.15, -0.1) is 0 Å². The molecule has 11 heteroatoms. The van der Waals surface area contributed by atoms with Gasteiger partial charge >= 0.3 is 0 Å². The second-order valence-electron chi connectivity index (χ2n) is 8.85. The molecule has 0 atom stereocenters. The molecule has 0 saturated heterocycles. The third-order valence-corrected chi connectivity index (χ3v) is 8.69. The van der Waals surface area contributed by atoms with Crippen molar-refractivity contribution in [3.05, 3.63) is 46.2 Å². The van der Waals surface area contributed by atoms with Gasteiger partial charge in [0, 0.05) is 38.8 Å². The molecule has 1 aromatic carbocycles. The van der Waals surface area contributed by atoms with Crippen LogP contribution in [0.5, 0.6) is 0 Å². The summed E-state index contributed by atoms with van der Waals surface area (Å²) in [5, 5.41) is 4.69. The van der Waals surface area contributed by atoms with Gasteiger partial charge in [0.15, 0.2) is 0 Å². The minimum atomic E-state index is -3.62. The Morgan fingerprint density at radius 2 is 1.76 bits per heavy atom. The lowest BCUT2D eigenvalue weighted by atomic mass is 9.82. The highest BCUT2D eigenvalue weighted by Crippen LogP contribution is 2.30. The number of hydrogen-bond acceptors (Lipinski definition) is 7. The fourth-order valence-corrected chi connectivity index (χ4v) is 5.91. The van der Waals surface area contributed by atoms with Crippen LogP contribution in [-0.4, -0.2) is 50.6 Å². The first-order valence-electron chi connectivity index (χ1n) is 11.2. The molecule has 1 fully saturated rings. The number of pyridine rings is 1. The van der Waals surface area contributed by atoms with Gasteiger partial charge in [-0.05, 0) is 71.6 Å². The van der Waals surface area contributed by atoms with Crippen LogP contribution in [0.1, 0.15) is 25.7 Å². The summed E-state index contributed by atoms with van der Waals surface area (Å²) < 4.78 is 28.4. The Kier molecular flexibility index (Phi) is 7.91. The number of aromatic nitrogens is 3. The van der Waals surface area contributed by atoms with Crippen LogP contribution in [0.4, 0.5) is 11.8 Å². The number of anilines is 2. The number of nitrogens with one attached hydrogen (secondary N) is 2. The van der Waals surface area contributed by atoms with Gasteiger partial charge in [-0.2, -0.15) is 4.98 Å². The zero-order valence-electron chi connectivity index (χ0n) is 19.1. The van der Waals surface area contributed by atoms with E-state index in [1.807, 2.05) is 43.3 Å². The Bertz CT molecular complexity index is 1270. The molecule has 0 amide bonds. The molecule has 0 unspecified atom stereocenters. The van der Waals surface area contributed by atoms with Crippen molar-refractivity contribution in [3.63, 3.8) is 0 Å². The lowest BCUT2D eigenvalue weighted by Gasteiger charge is -2.28. The quantitative estimate of drug-likeness (QED) is 0.381. The average molecular weight is 568 g/mol. The Hall–Kier alpha value is -2.01. The van der Waals surface area contributed by atoms with E-state index in [2.05, 4.69) is 35.9 Å². The van der Waals surface area contributed by atoms with E-state index in [0.717, 1.165) is 48.9 Å². The van der Waals surface area contributed by atoms with Crippen molar-refractivity contribution in [2.45, 2.75) is 30.6 Å². The summed E-state index contributed by atoms with van der Waals surface area (Å²) in [4.78, 5) is 15.4. The van der Waals surface area contributed by atoms with Gasteiger partial charge in [0.2, 0.25) is 16.0 Å². The van der Waals surface area contributed by atoms with Crippen LogP contribution in [0.15, 0.2) is 45.9 Å². The standard InChI is InChI=1S/C23H28BrClN6O2S/c1-31(2)22-18-5-3-4-6-20(18)29-23(30-22)27-12-15-7-9-16(10-8-15)13-28-34(32,33)17-11-19(24)21(25)26-14-17/h3-6,11,14-16,28H,7-10,12-13H2,1-2H3,(H,27,29,30)/t15-,16-. The largest absolute Gasteiger partial charge is 0.362 e. The number of para-hydroxylation sites is 1. The summed E-state index contributed by atoms with van der Waals surface area (Å²) in [6.07, 6.45) is 5.27. The monoisotopic (exact) mass is 566 g/mol. The first-order chi connectivity index (χ1) is 16.2. The normalized spacial score (nSPS) is 18.7. The highest BCUT2D eigenvalue weighted by atomic mass is 79.9. The number of fused-ring (bicyclic) bond motifs is 1. The molecule has 1 aliphatic carbocycles. The highest BCUT2D eigenvalue weighted by molar-refractivity contribution is 9.10. The molecule has 2 N–H and O–H groups in total. The van der Waals surface area contributed by atoms with Crippen molar-refractivity contribution in [1.82, 2.24) is 19.7 Å². The summed E-state index contributed by atoms with van der Waals surface area (Å²) in [5.41, 5.74) is 0.919. The van der Waals surface area contributed by atoms with E-state index < -0.39 is 10.0 Å². The summed E-state index contributed by atoms with van der Waals surface area (Å²) in [5.74, 6) is 2.35. The molecule has 3 aromatic rings. The van der Waals surface area contributed by atoms with Crippen LogP contribution >= 0.6 is 27.5 Å². The Balaban J connectivity index is 1.29. The molecule has 0 aliphatic heterocycles. The van der Waals surface area contributed by atoms with Crippen LogP contribution in [0.2, 0.25) is 5.15 Å². The van der Waals surface area contributed by atoms with Crippen molar-refractivity contribution in [2.24, 2.45) is 11.8 Å². The molecule has 0 radical (unpaired) electrons. The zero-order chi connectivity index (χ0) is 24.3. The lowest BCUT2D eigenvalue weighted by Crippen LogP contribution is -2.32. The van der Waals surface area contributed by atoms with E-state index in [0.29, 0.717) is 28.8 Å². The fourth-order valence-electron chi connectivity index (χ4n) is 4.22. The van der Waals surface area contributed by atoms with Crippen LogP contribution in [0.25, 0.3) is 10.9 Å². The number of halogens is 2. The van der Waals surface area contributed by atoms with Crippen LogP contribution < -0.4 is 14.9 Å². The maximum Gasteiger partial charge on any atom is 0.242 e. The van der Waals surface area contributed by atoms with Gasteiger partial charge in [-0.1, -0.05) is 23.7 Å². The molecular formula is C23H28BrClN6O2S. The summed E-state index contributed by atoms with van der Waals surface area (Å²) in [7, 11) is 0.343. The molecule has 182 valence electrons. The fraction of sp³-hybridized carbons (Fsp3) is 0.435. The van der Waals surface area contributed by atoms with Gasteiger partial charge in [-0.3, -0.25) is 0 Å². The average Bonchev–Trinajstić information content (AvgIpc) is 2.83. The first-order valence-corrected chi connectivity index (χ1v) is 13.9. The highest BCUT2D eigenvalue weighted by Gasteiger charge is 2.24. The third kappa shape index (κ3) is 5.97. The summed E-state index contributed by atoms with van der Waals surface area (Å²) >= 11 is 9.09. The molecule has 34 heavy (non-hydrogen) atoms. The van der Waals surface area contributed by atoms with E-state index in [4.69, 9.17) is 16.6 Å². The number of benzene rings is 1. The van der Waals surface area contributed by atoms with E-state index in [-0.39, 0.29) is 10.0 Å². The molecule has 2 heterocycles. The maximum absolute atomic E-state index is 12.6. The van der Waals surface area contributed by atoms with Crippen LogP contribution in [0, 0.1) is 11.8 Å². The first kappa shape index (κ1) is 25.1. The number of nitrogens with zero attached hydrogens (tertiary/aromatic N) is 4. The molecule has 0 bridgehead atoms. The lowest BCUT2D eigenvalue weighted by molar-refractivity contribution is 0.284. The predicted molar refractivity (Wildman–Crippen MR) is 140 cm³/mol. The second kappa shape index (κ2) is 10.7. The third-order valence-electron chi connectivity index (χ3n) is 6.17. The van der Waals surface area contributed by atoms with Crippen molar-refractivity contribution >= 4 is 60.2 Å². The van der Waals surface area contributed by atoms with E-state index >= 15 is 0 Å². The van der Waals surface area contributed by atoms with E-state index in [9.17, 15) is 8.42 Å². The minimum Gasteiger partial charge on any atom is -0.362 e. The predicted octanol–water partition coefficient (Wildman–Crippen LogP) is 4.70. The molecule has 4 rings (SSSR count). The van der Waals surface area contributed by atoms with Gasteiger partial charge in [0.1, 0.15) is 15.9 Å². The number of sulfonamides is 1. The Labute approximate surface area is 213 Å². The number of hydrogen-bond donors (Lipinski definition) is 2. The van der Waals surface area contributed by atoms with Gasteiger partial charge in [0.05, 0.1) is 9.99 Å². The van der Waals surface area contributed by atoms with Gasteiger partial charge in [0.25, 0.3) is 0 Å². The zero-order valence-corrected chi connectivity index (χ0v) is 22.3. The summed E-state index contributed by atoms with van der Waals surface area (Å²) in [6, 6.07) is 9.48. The smallest absolute Gasteiger partial charge is 0.242 e. The molecule has 8 nitrogen and oxygen atoms in total. The summed E-state index contributed by atoms with van der Waals surface area (Å²) in [6.45, 7) is 1.22. The topological polar surface area (TPSA) is 100 Å². The SMILES string of the molecule is CN(C)c1nc(NC[C@H]2CC[C@H](CNS(=O)(=O)c3cnc(Cl)c(Br)c3)CC2)nc2ccccc12. The minimum absolute atomic E-state index is 0.106. The molecule has 1 aliphatic rings. The van der Waals surface area contributed by atoms with E-state index in [1.165, 1.54) is 12.3 Å². The molecule has 2 aromatic heterocycles. The molecule has 0 spiro atoms. The number of rotatable bonds is 8. The van der Waals surface area contributed by atoms with E-state index in [1.54, 1.807) is 0 Å². The van der Waals surface area contributed by atoms with Crippen LogP contribution in [0.3, 0.4) is 0 Å². The molecular weight excluding hydrogens is 540 g/mol. The second-order valence-corrected chi connectivity index (χ2v) is 11.8. The Morgan fingerprint density at radius 1 is 1.09 bits per heavy atom. The van der Waals surface area contributed by atoms with Crippen molar-refractivity contribution < 1.29 is 8.42 Å². The van der Waals surface area contributed by atoms with Gasteiger partial charge in [-0.25, -0.2) is 23.1 Å². The van der Waals surface area contributed by atoms with Crippen molar-refractivity contribution in [1.29, 1.82) is 0 Å². The molecule has 1 saturated carbocycles. The van der Waals surface area contributed by atoms with Crippen molar-refractivity contribution in [3.8, 4) is 0 Å². The maximum atomic E-state index is 12.6. The van der Waals surface area contributed by atoms with Crippen LogP contribution in [-0.2, 0) is 10.0 Å².